The predicted octanol–water partition coefficient (Wildman–Crippen LogP) is 4.47. The molecule has 2 aromatic carbocycles. The van der Waals surface area contributed by atoms with Gasteiger partial charge in [0.1, 0.15) is 29.5 Å². The molecule has 6 rings (SSSR count). The number of aromatic nitrogens is 3. The van der Waals surface area contributed by atoms with Gasteiger partial charge in [0.15, 0.2) is 0 Å². The normalized spacial score (nSPS) is 16.8. The number of hydrogen-bond acceptors (Lipinski definition) is 5. The van der Waals surface area contributed by atoms with Crippen LogP contribution in [0.5, 0.6) is 5.75 Å². The fourth-order valence-electron chi connectivity index (χ4n) is 4.01. The molecule has 176 valence electrons. The van der Waals surface area contributed by atoms with Crippen LogP contribution in [0, 0.1) is 11.7 Å². The molecule has 3 heterocycles. The molecule has 10 heteroatoms. The number of imidazole rings is 1. The lowest BCUT2D eigenvalue weighted by Crippen LogP contribution is -2.32. The Labute approximate surface area is 193 Å². The topological polar surface area (TPSA) is 85.8 Å². The smallest absolute Gasteiger partial charge is 0.257 e. The third kappa shape index (κ3) is 3.89. The lowest BCUT2D eigenvalue weighted by molar-refractivity contribution is 0.0704. The Morgan fingerprint density at radius 2 is 2.00 bits per heavy atom. The number of nitrogens with zero attached hydrogens (tertiary/aromatic N) is 4. The first-order valence-electron chi connectivity index (χ1n) is 10.8. The molecule has 2 N–H and O–H groups in total. The highest BCUT2D eigenvalue weighted by Crippen LogP contribution is 2.36. The van der Waals surface area contributed by atoms with E-state index in [-0.39, 0.29) is 23.3 Å². The number of halogens is 3. The summed E-state index contributed by atoms with van der Waals surface area (Å²) in [6, 6.07) is 9.97. The number of para-hydroxylation sites is 1. The predicted molar refractivity (Wildman–Crippen MR) is 120 cm³/mol. The van der Waals surface area contributed by atoms with Crippen LogP contribution in [0.4, 0.5) is 19.0 Å². The number of nitrogen functional groups attached to an aromatic ring is 1. The molecule has 1 amide bonds. The summed E-state index contributed by atoms with van der Waals surface area (Å²) in [4.78, 5) is 22.9. The van der Waals surface area contributed by atoms with E-state index in [2.05, 4.69) is 9.97 Å². The summed E-state index contributed by atoms with van der Waals surface area (Å²) >= 11 is 0. The first-order valence-corrected chi connectivity index (χ1v) is 10.8. The van der Waals surface area contributed by atoms with E-state index in [1.807, 2.05) is 24.3 Å². The van der Waals surface area contributed by atoms with Crippen LogP contribution in [0.15, 0.2) is 48.9 Å². The van der Waals surface area contributed by atoms with Crippen molar-refractivity contribution in [2.75, 3.05) is 19.4 Å². The van der Waals surface area contributed by atoms with E-state index in [1.54, 1.807) is 24.0 Å². The fourth-order valence-corrected chi connectivity index (χ4v) is 4.01. The molecule has 0 saturated heterocycles. The minimum Gasteiger partial charge on any atom is -0.491 e. The molecular formula is C24H22F3N5O2. The molecule has 7 nitrogen and oxygen atoms in total. The zero-order chi connectivity index (χ0) is 24.0. The third-order valence-electron chi connectivity index (χ3n) is 6.14. The number of likely N-dealkylation sites (N-methyl/N-ethyl adjacent to an activating group) is 1. The van der Waals surface area contributed by atoms with Crippen LogP contribution < -0.4 is 10.5 Å². The minimum absolute atomic E-state index is 0.0408. The molecular weight excluding hydrogens is 447 g/mol. The number of anilines is 1. The Morgan fingerprint density at radius 3 is 2.71 bits per heavy atom. The molecule has 2 aromatic heterocycles. The molecule has 1 atom stereocenters. The van der Waals surface area contributed by atoms with Gasteiger partial charge in [0.25, 0.3) is 5.91 Å². The first kappa shape index (κ1) is 22.0. The summed E-state index contributed by atoms with van der Waals surface area (Å²) < 4.78 is 44.6. The Bertz CT molecular complexity index is 1390. The Balaban J connectivity index is 0.000000351. The number of benzene rings is 2. The molecule has 1 unspecified atom stereocenters. The number of nitrogens with two attached hydrogens (primary N) is 1. The van der Waals surface area contributed by atoms with Gasteiger partial charge in [-0.2, -0.15) is 0 Å². The molecule has 0 radical (unpaired) electrons. The summed E-state index contributed by atoms with van der Waals surface area (Å²) in [5, 5.41) is 0. The molecule has 34 heavy (non-hydrogen) atoms. The quantitative estimate of drug-likeness (QED) is 0.479. The minimum atomic E-state index is -2.04. The van der Waals surface area contributed by atoms with E-state index in [0.717, 1.165) is 24.2 Å². The van der Waals surface area contributed by atoms with Crippen LogP contribution in [0.2, 0.25) is 0 Å². The van der Waals surface area contributed by atoms with Gasteiger partial charge in [-0.05, 0) is 25.0 Å². The van der Waals surface area contributed by atoms with Gasteiger partial charge >= 0.3 is 0 Å². The summed E-state index contributed by atoms with van der Waals surface area (Å²) in [5.41, 5.74) is 8.29. The van der Waals surface area contributed by atoms with Crippen molar-refractivity contribution < 1.29 is 22.7 Å². The van der Waals surface area contributed by atoms with Gasteiger partial charge in [-0.15, -0.1) is 0 Å². The van der Waals surface area contributed by atoms with E-state index in [9.17, 15) is 18.0 Å². The highest BCUT2D eigenvalue weighted by atomic mass is 19.3. The highest BCUT2D eigenvalue weighted by molar-refractivity contribution is 5.98. The number of amides is 1. The van der Waals surface area contributed by atoms with Crippen LogP contribution in [0.25, 0.3) is 16.6 Å². The Morgan fingerprint density at radius 1 is 1.24 bits per heavy atom. The Kier molecular flexibility index (Phi) is 5.51. The van der Waals surface area contributed by atoms with E-state index in [4.69, 9.17) is 10.5 Å². The van der Waals surface area contributed by atoms with Crippen LogP contribution in [-0.4, -0.2) is 45.3 Å². The second kappa shape index (κ2) is 8.51. The van der Waals surface area contributed by atoms with Gasteiger partial charge in [0, 0.05) is 24.6 Å². The van der Waals surface area contributed by atoms with Gasteiger partial charge in [-0.25, -0.2) is 23.1 Å². The van der Waals surface area contributed by atoms with E-state index in [0.29, 0.717) is 23.2 Å². The largest absolute Gasteiger partial charge is 0.491 e. The lowest BCUT2D eigenvalue weighted by atomic mass is 10.1. The molecule has 1 aliphatic carbocycles. The zero-order valence-electron chi connectivity index (χ0n) is 18.3. The van der Waals surface area contributed by atoms with Crippen LogP contribution in [0.3, 0.4) is 0 Å². The lowest BCUT2D eigenvalue weighted by Gasteiger charge is -2.24. The highest BCUT2D eigenvalue weighted by Gasteiger charge is 2.32. The van der Waals surface area contributed by atoms with Crippen LogP contribution in [-0.2, 0) is 0 Å². The second-order valence-electron chi connectivity index (χ2n) is 8.42. The number of ether oxygens (including phenoxy) is 1. The molecule has 0 bridgehead atoms. The van der Waals surface area contributed by atoms with Crippen molar-refractivity contribution in [3.8, 4) is 5.75 Å². The number of alkyl halides is 2. The third-order valence-corrected chi connectivity index (χ3v) is 6.14. The molecule has 4 aromatic rings. The molecule has 1 saturated carbocycles. The van der Waals surface area contributed by atoms with Crippen molar-refractivity contribution in [1.29, 1.82) is 0 Å². The summed E-state index contributed by atoms with van der Waals surface area (Å²) in [6.07, 6.45) is 2.60. The molecule has 0 spiro atoms. The number of hydrogen-bond donors (Lipinski definition) is 1. The standard InChI is InChI=1S/C20H16FN5O2.C4H6F2/c1-25(17-9-28-18-5-3-2-4-11(17)18)20(27)12-6-15-14(7-13(12)21)24-19(22)16-8-23-10-26(15)16;5-4(6)3-1-2-3/h2-8,10,17H,9H2,1H3,(H2,22,24);3-4H,1-2H2. The fraction of sp³-hybridized carbons (Fsp3) is 0.292. The van der Waals surface area contributed by atoms with Crippen molar-refractivity contribution >= 4 is 28.3 Å². The van der Waals surface area contributed by atoms with Crippen molar-refractivity contribution in [1.82, 2.24) is 19.3 Å². The molecule has 1 aliphatic heterocycles. The molecule has 1 fully saturated rings. The van der Waals surface area contributed by atoms with Crippen LogP contribution in [0.1, 0.15) is 34.8 Å². The average molecular weight is 469 g/mol. The monoisotopic (exact) mass is 469 g/mol. The van der Waals surface area contributed by atoms with E-state index >= 15 is 0 Å². The zero-order valence-corrected chi connectivity index (χ0v) is 18.3. The van der Waals surface area contributed by atoms with Crippen LogP contribution >= 0.6 is 0 Å². The summed E-state index contributed by atoms with van der Waals surface area (Å²) in [5.74, 6) is -0.325. The average Bonchev–Trinajstić information content (AvgIpc) is 3.41. The molecule has 2 aliphatic rings. The SMILES string of the molecule is CN(C(=O)c1cc2c(cc1F)nc(N)c1cncn12)C1COc2ccccc21.FC(F)C1CC1. The van der Waals surface area contributed by atoms with E-state index < -0.39 is 18.1 Å². The maximum Gasteiger partial charge on any atom is 0.257 e. The maximum atomic E-state index is 14.8. The summed E-state index contributed by atoms with van der Waals surface area (Å²) in [6.45, 7) is 0.334. The second-order valence-corrected chi connectivity index (χ2v) is 8.42. The van der Waals surface area contributed by atoms with Crippen molar-refractivity contribution in [2.24, 2.45) is 5.92 Å². The summed E-state index contributed by atoms with van der Waals surface area (Å²) in [7, 11) is 1.65. The number of rotatable bonds is 3. The van der Waals surface area contributed by atoms with Gasteiger partial charge in [0.05, 0.1) is 35.2 Å². The van der Waals surface area contributed by atoms with Gasteiger partial charge in [-0.3, -0.25) is 9.20 Å². The first-order chi connectivity index (χ1) is 16.3. The van der Waals surface area contributed by atoms with Gasteiger partial charge in [-0.1, -0.05) is 18.2 Å². The van der Waals surface area contributed by atoms with Gasteiger partial charge < -0.3 is 15.4 Å². The number of fused-ring (bicyclic) bond motifs is 4. The van der Waals surface area contributed by atoms with Crippen molar-refractivity contribution in [3.05, 3.63) is 65.9 Å². The van der Waals surface area contributed by atoms with Crippen molar-refractivity contribution in [3.63, 3.8) is 0 Å². The number of carbonyl (C=O) groups is 1. The maximum absolute atomic E-state index is 14.8. The van der Waals surface area contributed by atoms with Gasteiger partial charge in [0.2, 0.25) is 6.43 Å². The van der Waals surface area contributed by atoms with Crippen molar-refractivity contribution in [2.45, 2.75) is 25.3 Å². The Hall–Kier alpha value is -3.82. The van der Waals surface area contributed by atoms with E-state index in [1.165, 1.54) is 17.0 Å². The number of carbonyl (C=O) groups excluding carboxylic acids is 1.